The van der Waals surface area contributed by atoms with E-state index in [2.05, 4.69) is 11.8 Å². The molecule has 1 aliphatic rings. The van der Waals surface area contributed by atoms with Crippen LogP contribution in [0, 0.1) is 11.8 Å². The smallest absolute Gasteiger partial charge is 0.493 e. The Hall–Kier alpha value is -5.95. The molecular formula is C41H43NO13S. The molecule has 3 unspecified atom stereocenters. The van der Waals surface area contributed by atoms with Crippen molar-refractivity contribution in [3.8, 4) is 46.3 Å². The molecule has 56 heavy (non-hydrogen) atoms. The number of carbonyl (C=O) groups excluding carboxylic acids is 2. The molecule has 3 atom stereocenters. The Bertz CT molecular complexity index is 2130. The quantitative estimate of drug-likeness (QED) is 0.0423. The molecular weight excluding hydrogens is 747 g/mol. The summed E-state index contributed by atoms with van der Waals surface area (Å²) >= 11 is 0. The van der Waals surface area contributed by atoms with Gasteiger partial charge in [0.1, 0.15) is 17.2 Å². The number of benzene rings is 4. The molecule has 0 aromatic heterocycles. The van der Waals surface area contributed by atoms with Crippen molar-refractivity contribution < 1.29 is 60.7 Å². The molecule has 1 saturated heterocycles. The summed E-state index contributed by atoms with van der Waals surface area (Å²) in [4.78, 5) is 30.6. The summed E-state index contributed by atoms with van der Waals surface area (Å²) in [6.07, 6.45) is -3.02. The van der Waals surface area contributed by atoms with Crippen molar-refractivity contribution in [2.45, 2.75) is 43.5 Å². The second-order valence-electron chi connectivity index (χ2n) is 12.2. The highest BCUT2D eigenvalue weighted by Crippen LogP contribution is 2.60. The molecule has 0 aliphatic carbocycles. The fourth-order valence-corrected chi connectivity index (χ4v) is 8.13. The minimum absolute atomic E-state index is 0.0170. The van der Waals surface area contributed by atoms with E-state index in [0.29, 0.717) is 11.5 Å². The van der Waals surface area contributed by atoms with E-state index >= 15 is 0 Å². The molecule has 1 fully saturated rings. The maximum Gasteiger partial charge on any atom is 0.539 e. The fraction of sp³-hybridized carbons (Fsp3) is 0.317. The first-order valence-electron chi connectivity index (χ1n) is 17.5. The number of sulfone groups is 1. The van der Waals surface area contributed by atoms with E-state index in [-0.39, 0.29) is 65.3 Å². The summed E-state index contributed by atoms with van der Waals surface area (Å²) in [6, 6.07) is 25.6. The summed E-state index contributed by atoms with van der Waals surface area (Å²) in [5, 5.41) is 0.437. The van der Waals surface area contributed by atoms with Gasteiger partial charge in [-0.2, -0.15) is 0 Å². The Labute approximate surface area is 325 Å². The highest BCUT2D eigenvalue weighted by molar-refractivity contribution is 7.91. The molecule has 4 aromatic carbocycles. The summed E-state index contributed by atoms with van der Waals surface area (Å²) < 4.78 is 76.7. The number of amides is 1. The number of carbonyl (C=O) groups is 2. The van der Waals surface area contributed by atoms with Crippen LogP contribution in [0.2, 0.25) is 0 Å². The standard InChI is InChI=1S/C41H43NO13S/c1-7-17-36(42(38(43)52-30-18-11-9-12-19-30)55-39(44)53-31-20-13-10-14-21-31)54-40(32-22-15-16-23-33(32)50-25-8-2)24-26-51-41(40,56(6,45)46)29-27-34(47-3)37(49-5)35(28-29)48-4/h9-16,18-23,27-28,36H,8,24-26H2,1-6H3. The van der Waals surface area contributed by atoms with Crippen LogP contribution in [-0.2, 0) is 34.7 Å². The van der Waals surface area contributed by atoms with E-state index < -0.39 is 38.8 Å². The van der Waals surface area contributed by atoms with E-state index in [9.17, 15) is 18.0 Å². The SMILES string of the molecule is CC#CC(OC1(c2ccccc2OCCC)CCOC1(c1cc(OC)c(OC)c(OC)c1)S(C)(=O)=O)N(OC(=O)Oc1ccccc1)C(=O)Oc1ccccc1. The van der Waals surface area contributed by atoms with Crippen molar-refractivity contribution in [1.29, 1.82) is 0 Å². The van der Waals surface area contributed by atoms with E-state index in [4.69, 9.17) is 42.7 Å². The number of hydrogen-bond donors (Lipinski definition) is 0. The Kier molecular flexibility index (Phi) is 13.3. The molecule has 14 nitrogen and oxygen atoms in total. The lowest BCUT2D eigenvalue weighted by atomic mass is 9.81. The van der Waals surface area contributed by atoms with Crippen molar-refractivity contribution in [3.05, 3.63) is 108 Å². The zero-order valence-electron chi connectivity index (χ0n) is 31.8. The third-order valence-corrected chi connectivity index (χ3v) is 10.4. The van der Waals surface area contributed by atoms with Crippen molar-refractivity contribution in [3.63, 3.8) is 0 Å². The van der Waals surface area contributed by atoms with Gasteiger partial charge in [-0.05, 0) is 61.7 Å². The van der Waals surface area contributed by atoms with E-state index in [1.807, 2.05) is 6.92 Å². The van der Waals surface area contributed by atoms with E-state index in [1.54, 1.807) is 60.7 Å². The van der Waals surface area contributed by atoms with Gasteiger partial charge in [0.05, 0.1) is 34.5 Å². The average Bonchev–Trinajstić information content (AvgIpc) is 3.60. The Morgan fingerprint density at radius 3 is 1.98 bits per heavy atom. The number of para-hydroxylation sites is 3. The van der Waals surface area contributed by atoms with Gasteiger partial charge in [-0.25, -0.2) is 18.0 Å². The molecule has 1 amide bonds. The van der Waals surface area contributed by atoms with Crippen molar-refractivity contribution in [1.82, 2.24) is 5.06 Å². The number of methoxy groups -OCH3 is 3. The molecule has 15 heteroatoms. The minimum Gasteiger partial charge on any atom is -0.493 e. The molecule has 0 spiro atoms. The molecule has 5 rings (SSSR count). The van der Waals surface area contributed by atoms with Crippen molar-refractivity contribution in [2.75, 3.05) is 40.8 Å². The first kappa shape index (κ1) is 41.2. The molecule has 1 heterocycles. The number of hydrogen-bond acceptors (Lipinski definition) is 13. The van der Waals surface area contributed by atoms with Gasteiger partial charge in [0.15, 0.2) is 26.9 Å². The first-order valence-corrected chi connectivity index (χ1v) is 19.3. The topological polar surface area (TPSA) is 155 Å². The first-order chi connectivity index (χ1) is 27.0. The van der Waals surface area contributed by atoms with Crippen LogP contribution in [0.1, 0.15) is 37.8 Å². The van der Waals surface area contributed by atoms with E-state index in [0.717, 1.165) is 6.26 Å². The maximum atomic E-state index is 14.7. The summed E-state index contributed by atoms with van der Waals surface area (Å²) in [7, 11) is -0.288. The van der Waals surface area contributed by atoms with Crippen molar-refractivity contribution in [2.24, 2.45) is 0 Å². The Morgan fingerprint density at radius 2 is 1.43 bits per heavy atom. The van der Waals surface area contributed by atoms with Crippen LogP contribution in [0.3, 0.4) is 0 Å². The predicted molar refractivity (Wildman–Crippen MR) is 203 cm³/mol. The van der Waals surface area contributed by atoms with Gasteiger partial charge in [-0.1, -0.05) is 66.6 Å². The second kappa shape index (κ2) is 18.1. The van der Waals surface area contributed by atoms with Gasteiger partial charge in [0.2, 0.25) is 16.9 Å². The molecule has 0 bridgehead atoms. The number of ether oxygens (including phenoxy) is 8. The zero-order valence-corrected chi connectivity index (χ0v) is 32.6. The highest BCUT2D eigenvalue weighted by atomic mass is 32.2. The molecule has 296 valence electrons. The van der Waals surface area contributed by atoms with Crippen LogP contribution in [0.5, 0.6) is 34.5 Å². The summed E-state index contributed by atoms with van der Waals surface area (Å²) in [6.45, 7) is 3.44. The third kappa shape index (κ3) is 8.32. The monoisotopic (exact) mass is 789 g/mol. The van der Waals surface area contributed by atoms with Crippen LogP contribution in [-0.4, -0.2) is 72.8 Å². The molecule has 0 radical (unpaired) electrons. The summed E-state index contributed by atoms with van der Waals surface area (Å²) in [5.74, 6) is 6.35. The minimum atomic E-state index is -4.47. The zero-order chi connectivity index (χ0) is 40.3. The maximum absolute atomic E-state index is 14.7. The third-order valence-electron chi connectivity index (χ3n) is 8.68. The molecule has 4 aromatic rings. The van der Waals surface area contributed by atoms with Crippen LogP contribution in [0.4, 0.5) is 9.59 Å². The average molecular weight is 790 g/mol. The normalized spacial score (nSPS) is 18.0. The van der Waals surface area contributed by atoms with Gasteiger partial charge in [0.25, 0.3) is 0 Å². The fourth-order valence-electron chi connectivity index (χ4n) is 6.43. The molecule has 0 saturated carbocycles. The Balaban J connectivity index is 1.78. The van der Waals surface area contributed by atoms with Crippen LogP contribution >= 0.6 is 0 Å². The number of hydroxylamine groups is 2. The summed E-state index contributed by atoms with van der Waals surface area (Å²) in [5.41, 5.74) is -1.89. The van der Waals surface area contributed by atoms with Gasteiger partial charge in [-0.3, -0.25) is 4.84 Å². The molecule has 0 N–H and O–H groups in total. The van der Waals surface area contributed by atoms with Gasteiger partial charge in [-0.15, -0.1) is 5.92 Å². The van der Waals surface area contributed by atoms with Gasteiger partial charge < -0.3 is 37.9 Å². The number of nitrogens with zero attached hydrogens (tertiary/aromatic N) is 1. The Morgan fingerprint density at radius 1 is 0.839 bits per heavy atom. The second-order valence-corrected chi connectivity index (χ2v) is 14.3. The lowest BCUT2D eigenvalue weighted by Gasteiger charge is -2.45. The van der Waals surface area contributed by atoms with Crippen molar-refractivity contribution >= 4 is 22.1 Å². The van der Waals surface area contributed by atoms with Gasteiger partial charge >= 0.3 is 12.2 Å². The predicted octanol–water partition coefficient (Wildman–Crippen LogP) is 7.01. The van der Waals surface area contributed by atoms with Crippen LogP contribution < -0.4 is 28.4 Å². The largest absolute Gasteiger partial charge is 0.539 e. The molecule has 1 aliphatic heterocycles. The highest BCUT2D eigenvalue weighted by Gasteiger charge is 2.68. The lowest BCUT2D eigenvalue weighted by molar-refractivity contribution is -0.234. The van der Waals surface area contributed by atoms with Crippen LogP contribution in [0.25, 0.3) is 0 Å². The van der Waals surface area contributed by atoms with Gasteiger partial charge in [0, 0.05) is 23.8 Å². The number of rotatable bonds is 14. The van der Waals surface area contributed by atoms with Crippen LogP contribution in [0.15, 0.2) is 97.1 Å². The van der Waals surface area contributed by atoms with E-state index in [1.165, 1.54) is 64.7 Å². The lowest BCUT2D eigenvalue weighted by Crippen LogP contribution is -2.57.